The van der Waals surface area contributed by atoms with Crippen LogP contribution in [0.1, 0.15) is 52.9 Å². The van der Waals surface area contributed by atoms with Crippen molar-refractivity contribution in [2.24, 2.45) is 10.8 Å². The van der Waals surface area contributed by atoms with Gasteiger partial charge in [-0.25, -0.2) is 19.9 Å². The first-order valence-corrected chi connectivity index (χ1v) is 20.7. The number of hydrogen-bond donors (Lipinski definition) is 0. The van der Waals surface area contributed by atoms with E-state index in [0.29, 0.717) is 45.3 Å². The fraction of sp³-hybridized carbons (Fsp3) is 0.164. The van der Waals surface area contributed by atoms with Crippen molar-refractivity contribution in [2.45, 2.75) is 47.0 Å². The van der Waals surface area contributed by atoms with Gasteiger partial charge in [-0.1, -0.05) is 224 Å². The van der Waals surface area contributed by atoms with Gasteiger partial charge in [0.15, 0.2) is 17.0 Å². The molecule has 6 nitrogen and oxygen atoms in total. The van der Waals surface area contributed by atoms with E-state index in [1.165, 1.54) is 0 Å². The number of Topliss-reactive ketones (excluding diaryl/α,β-unsaturated/α-hetero) is 2. The van der Waals surface area contributed by atoms with Gasteiger partial charge in [-0.3, -0.25) is 9.59 Å². The van der Waals surface area contributed by atoms with Crippen molar-refractivity contribution in [2.75, 3.05) is 0 Å². The number of hydrogen-bond acceptors (Lipinski definition) is 6. The van der Waals surface area contributed by atoms with Crippen molar-refractivity contribution in [1.29, 1.82) is 0 Å². The number of nitrogens with zero attached hydrogens (tertiary/aromatic N) is 4. The Morgan fingerprint density at radius 2 is 0.500 bits per heavy atom. The minimum atomic E-state index is -2.15. The van der Waals surface area contributed by atoms with E-state index in [1.807, 2.05) is 224 Å². The number of rotatable bonds is 10. The summed E-state index contributed by atoms with van der Waals surface area (Å²) >= 11 is 0. The summed E-state index contributed by atoms with van der Waals surface area (Å²) in [5.41, 5.74) is 3.85. The van der Waals surface area contributed by atoms with Crippen molar-refractivity contribution in [1.82, 2.24) is 19.9 Å². The van der Waals surface area contributed by atoms with Crippen LogP contribution in [0.2, 0.25) is 0 Å². The fourth-order valence-electron chi connectivity index (χ4n) is 7.95. The maximum atomic E-state index is 16.4. The molecule has 0 saturated carbocycles. The fourth-order valence-corrected chi connectivity index (χ4v) is 7.95. The Morgan fingerprint density at radius 1 is 0.306 bits per heavy atom. The molecule has 309 valence electrons. The molecule has 2 heterocycles. The van der Waals surface area contributed by atoms with E-state index in [1.54, 1.807) is 0 Å². The normalized spacial score (nSPS) is 11.7. The molecule has 1 radical (unpaired) electrons. The van der Waals surface area contributed by atoms with Gasteiger partial charge < -0.3 is 0 Å². The molecule has 0 atom stereocenters. The second kappa shape index (κ2) is 17.8. The van der Waals surface area contributed by atoms with Gasteiger partial charge in [-0.05, 0) is 0 Å². The molecule has 0 spiro atoms. The summed E-state index contributed by atoms with van der Waals surface area (Å²) in [4.78, 5) is 55.2. The molecule has 6 aromatic carbocycles. The molecular formula is C55H48IrN4O2. The second-order valence-electron chi connectivity index (χ2n) is 17.3. The Morgan fingerprint density at radius 3 is 0.710 bits per heavy atom. The summed E-state index contributed by atoms with van der Waals surface area (Å²) in [5.74, 6) is -0.730. The molecular weight excluding hydrogens is 941 g/mol. The van der Waals surface area contributed by atoms with Gasteiger partial charge in [0.25, 0.3) is 0 Å². The van der Waals surface area contributed by atoms with Crippen LogP contribution >= 0.6 is 0 Å². The van der Waals surface area contributed by atoms with E-state index >= 15 is 9.59 Å². The van der Waals surface area contributed by atoms with Crippen molar-refractivity contribution in [3.63, 3.8) is 0 Å². The number of carbonyl (C=O) groups excluding carboxylic acids is 2. The van der Waals surface area contributed by atoms with Crippen LogP contribution in [0.3, 0.4) is 0 Å². The SMILES string of the molecule is CC(C)(C)C(=O)C(C(=O)C(C)(C)C)(c1nc(-c2ccccc2)c(-c2ccccc2)nc1-c1ccccc1)c1nc(-c2ccccc2)c(-c2ccccc2)nc1-c1ccccc1.[Ir]. The first kappa shape index (κ1) is 43.6. The molecule has 62 heavy (non-hydrogen) atoms. The molecule has 0 unspecified atom stereocenters. The molecule has 0 saturated heterocycles. The van der Waals surface area contributed by atoms with Crippen LogP contribution in [0.25, 0.3) is 67.5 Å². The summed E-state index contributed by atoms with van der Waals surface area (Å²) < 4.78 is 0. The maximum absolute atomic E-state index is 16.4. The summed E-state index contributed by atoms with van der Waals surface area (Å²) in [6.07, 6.45) is 0. The van der Waals surface area contributed by atoms with Gasteiger partial charge in [-0.2, -0.15) is 0 Å². The van der Waals surface area contributed by atoms with Crippen LogP contribution in [0.5, 0.6) is 0 Å². The van der Waals surface area contributed by atoms with Crippen LogP contribution in [0, 0.1) is 10.8 Å². The van der Waals surface area contributed by atoms with Gasteiger partial charge in [0.05, 0.1) is 45.6 Å². The first-order chi connectivity index (χ1) is 29.4. The van der Waals surface area contributed by atoms with Crippen molar-refractivity contribution < 1.29 is 29.7 Å². The summed E-state index contributed by atoms with van der Waals surface area (Å²) in [5, 5.41) is 0. The molecule has 0 fully saturated rings. The average molecular weight is 989 g/mol. The van der Waals surface area contributed by atoms with Gasteiger partial charge in [0.1, 0.15) is 0 Å². The van der Waals surface area contributed by atoms with E-state index in [4.69, 9.17) is 19.9 Å². The third-order valence-electron chi connectivity index (χ3n) is 10.8. The summed E-state index contributed by atoms with van der Waals surface area (Å²) in [6, 6.07) is 59.0. The standard InChI is InChI=1S/C55H48N4O2.Ir/c1-53(2,3)51(60)55(52(61)54(4,5)6,49-47(41-33-21-11-22-34-41)56-43(37-25-13-7-14-26-37)45(58-49)39-29-17-9-18-30-39)50-48(42-35-23-12-24-36-42)57-44(38-27-15-8-16-28-38)46(59-50)40-31-19-10-20-32-40;/h7-36H,1-6H3;. The molecule has 0 aliphatic carbocycles. The van der Waals surface area contributed by atoms with E-state index in [9.17, 15) is 0 Å². The molecule has 8 rings (SSSR count). The summed E-state index contributed by atoms with van der Waals surface area (Å²) in [7, 11) is 0. The van der Waals surface area contributed by atoms with Gasteiger partial charge in [-0.15, -0.1) is 0 Å². The number of ketones is 2. The third-order valence-corrected chi connectivity index (χ3v) is 10.8. The molecule has 0 amide bonds. The van der Waals surface area contributed by atoms with E-state index in [0.717, 1.165) is 22.3 Å². The Bertz CT molecular complexity index is 2620. The number of carbonyl (C=O) groups is 2. The smallest absolute Gasteiger partial charge is 0.176 e. The molecule has 7 heteroatoms. The number of aromatic nitrogens is 4. The minimum Gasteiger partial charge on any atom is -0.297 e. The van der Waals surface area contributed by atoms with E-state index in [-0.39, 0.29) is 43.1 Å². The first-order valence-electron chi connectivity index (χ1n) is 20.7. The molecule has 2 aromatic heterocycles. The Hall–Kier alpha value is -6.53. The largest absolute Gasteiger partial charge is 0.297 e. The van der Waals surface area contributed by atoms with Crippen molar-refractivity contribution in [3.05, 3.63) is 193 Å². The van der Waals surface area contributed by atoms with Gasteiger partial charge in [0, 0.05) is 64.3 Å². The van der Waals surface area contributed by atoms with Crippen molar-refractivity contribution >= 4 is 11.6 Å². The van der Waals surface area contributed by atoms with Crippen LogP contribution in [-0.4, -0.2) is 31.5 Å². The summed E-state index contributed by atoms with van der Waals surface area (Å²) in [6.45, 7) is 11.2. The Balaban J connectivity index is 0.00000578. The van der Waals surface area contributed by atoms with Crippen molar-refractivity contribution in [3.8, 4) is 67.5 Å². The predicted molar refractivity (Wildman–Crippen MR) is 246 cm³/mol. The van der Waals surface area contributed by atoms with Gasteiger partial charge in [0.2, 0.25) is 0 Å². The quantitative estimate of drug-likeness (QED) is 0.127. The average Bonchev–Trinajstić information content (AvgIpc) is 3.30. The molecule has 8 aromatic rings. The molecule has 0 aliphatic heterocycles. The van der Waals surface area contributed by atoms with Crippen LogP contribution < -0.4 is 0 Å². The van der Waals surface area contributed by atoms with Crippen LogP contribution in [-0.2, 0) is 35.1 Å². The van der Waals surface area contributed by atoms with Gasteiger partial charge >= 0.3 is 0 Å². The zero-order chi connectivity index (χ0) is 42.8. The minimum absolute atomic E-state index is 0. The Labute approximate surface area is 378 Å². The van der Waals surface area contributed by atoms with E-state index in [2.05, 4.69) is 0 Å². The molecule has 0 bridgehead atoms. The zero-order valence-electron chi connectivity index (χ0n) is 35.8. The predicted octanol–water partition coefficient (Wildman–Crippen LogP) is 12.8. The second-order valence-corrected chi connectivity index (χ2v) is 17.3. The van der Waals surface area contributed by atoms with E-state index < -0.39 is 16.2 Å². The molecule has 0 N–H and O–H groups in total. The molecule has 0 aliphatic rings. The Kier molecular flexibility index (Phi) is 12.5. The topological polar surface area (TPSA) is 85.7 Å². The third kappa shape index (κ3) is 8.26. The number of benzene rings is 6. The zero-order valence-corrected chi connectivity index (χ0v) is 38.2. The maximum Gasteiger partial charge on any atom is 0.176 e. The van der Waals surface area contributed by atoms with Crippen LogP contribution in [0.15, 0.2) is 182 Å². The van der Waals surface area contributed by atoms with Crippen LogP contribution in [0.4, 0.5) is 0 Å². The monoisotopic (exact) mass is 989 g/mol.